The summed E-state index contributed by atoms with van der Waals surface area (Å²) in [6, 6.07) is 46.9. The maximum absolute atomic E-state index is 15.2. The largest absolute Gasteiger partial charge is 0.497 e. The molecule has 1 aliphatic heterocycles. The number of amides is 2. The van der Waals surface area contributed by atoms with Crippen molar-refractivity contribution >= 4 is 22.9 Å². The summed E-state index contributed by atoms with van der Waals surface area (Å²) in [6.45, 7) is 0. The second kappa shape index (κ2) is 11.1. The smallest absolute Gasteiger partial charge is 0.291 e. The lowest BCUT2D eigenvalue weighted by molar-refractivity contribution is -0.132. The maximum Gasteiger partial charge on any atom is 0.291 e. The SMILES string of the molecule is COc1ccc(CC2(c3ccccc3)SC(=O)N(C(c3ccccc3)(c3ccccc3)c3ccccc3)C2=O)cc1. The Labute approximate surface area is 244 Å². The van der Waals surface area contributed by atoms with Crippen molar-refractivity contribution in [1.29, 1.82) is 0 Å². The summed E-state index contributed by atoms with van der Waals surface area (Å²) < 4.78 is 4.21. The fourth-order valence-electron chi connectivity index (χ4n) is 5.85. The normalized spacial score (nSPS) is 17.0. The van der Waals surface area contributed by atoms with Crippen LogP contribution in [0.4, 0.5) is 4.79 Å². The molecule has 5 aromatic rings. The number of carbonyl (C=O) groups is 2. The molecule has 1 fully saturated rings. The molecule has 5 aromatic carbocycles. The number of carbonyl (C=O) groups excluding carboxylic acids is 2. The average Bonchev–Trinajstić information content (AvgIpc) is 3.30. The van der Waals surface area contributed by atoms with E-state index < -0.39 is 10.3 Å². The lowest BCUT2D eigenvalue weighted by atomic mass is 9.75. The zero-order valence-corrected chi connectivity index (χ0v) is 23.5. The van der Waals surface area contributed by atoms with E-state index in [9.17, 15) is 4.79 Å². The van der Waals surface area contributed by atoms with Gasteiger partial charge in [-0.2, -0.15) is 0 Å². The fraction of sp³-hybridized carbons (Fsp3) is 0.111. The molecule has 41 heavy (non-hydrogen) atoms. The van der Waals surface area contributed by atoms with E-state index in [0.717, 1.165) is 45.3 Å². The number of thioether (sulfide) groups is 1. The Morgan fingerprint density at radius 2 is 1.07 bits per heavy atom. The summed E-state index contributed by atoms with van der Waals surface area (Å²) in [5, 5.41) is -0.288. The molecule has 4 nitrogen and oxygen atoms in total. The van der Waals surface area contributed by atoms with Gasteiger partial charge in [-0.25, -0.2) is 0 Å². The predicted molar refractivity (Wildman–Crippen MR) is 164 cm³/mol. The van der Waals surface area contributed by atoms with Gasteiger partial charge in [0.15, 0.2) is 0 Å². The van der Waals surface area contributed by atoms with Gasteiger partial charge in [0.1, 0.15) is 16.0 Å². The molecule has 2 amide bonds. The Morgan fingerprint density at radius 3 is 1.51 bits per heavy atom. The summed E-state index contributed by atoms with van der Waals surface area (Å²) in [5.74, 6) is 0.493. The molecule has 6 rings (SSSR count). The molecular weight excluding hydrogens is 526 g/mol. The van der Waals surface area contributed by atoms with Gasteiger partial charge in [0.05, 0.1) is 7.11 Å². The van der Waals surface area contributed by atoms with Crippen molar-refractivity contribution in [3.05, 3.63) is 173 Å². The van der Waals surface area contributed by atoms with Gasteiger partial charge >= 0.3 is 0 Å². The van der Waals surface area contributed by atoms with Crippen LogP contribution in [0.15, 0.2) is 146 Å². The number of hydrogen-bond acceptors (Lipinski definition) is 4. The van der Waals surface area contributed by atoms with Crippen molar-refractivity contribution in [3.63, 3.8) is 0 Å². The molecule has 1 unspecified atom stereocenters. The second-order valence-corrected chi connectivity index (χ2v) is 11.3. The Morgan fingerprint density at radius 1 is 0.634 bits per heavy atom. The molecular formula is C36H29NO3S. The number of ether oxygens (including phenoxy) is 1. The first-order valence-electron chi connectivity index (χ1n) is 13.5. The zero-order valence-electron chi connectivity index (χ0n) is 22.6. The van der Waals surface area contributed by atoms with Gasteiger partial charge in [-0.05, 0) is 51.7 Å². The maximum atomic E-state index is 15.2. The van der Waals surface area contributed by atoms with Crippen molar-refractivity contribution in [2.24, 2.45) is 0 Å². The average molecular weight is 556 g/mol. The lowest BCUT2D eigenvalue weighted by Crippen LogP contribution is -2.53. The van der Waals surface area contributed by atoms with E-state index in [1.165, 1.54) is 4.90 Å². The van der Waals surface area contributed by atoms with Crippen molar-refractivity contribution in [2.45, 2.75) is 16.7 Å². The minimum absolute atomic E-state index is 0.244. The lowest BCUT2D eigenvalue weighted by Gasteiger charge is -2.42. The molecule has 1 aliphatic rings. The first kappa shape index (κ1) is 26.6. The number of methoxy groups -OCH3 is 1. The highest BCUT2D eigenvalue weighted by Gasteiger charge is 2.61. The van der Waals surface area contributed by atoms with Gasteiger partial charge in [-0.3, -0.25) is 14.5 Å². The number of nitrogens with zero attached hydrogens (tertiary/aromatic N) is 1. The Balaban J connectivity index is 1.61. The molecule has 0 saturated carbocycles. The standard InChI is InChI=1S/C36H29NO3S/c1-40-32-24-22-27(23-25-32)26-35(28-14-6-2-7-15-28)33(38)37(34(39)41-35)36(29-16-8-3-9-17-29,30-18-10-4-11-19-30)31-20-12-5-13-21-31/h2-25H,26H2,1H3. The van der Waals surface area contributed by atoms with Crippen LogP contribution in [0.1, 0.15) is 27.8 Å². The van der Waals surface area contributed by atoms with Gasteiger partial charge < -0.3 is 4.74 Å². The number of imide groups is 1. The molecule has 0 aromatic heterocycles. The third-order valence-corrected chi connectivity index (χ3v) is 9.02. The van der Waals surface area contributed by atoms with E-state index in [0.29, 0.717) is 6.42 Å². The minimum Gasteiger partial charge on any atom is -0.497 e. The molecule has 1 heterocycles. The molecule has 202 valence electrons. The number of benzene rings is 5. The van der Waals surface area contributed by atoms with E-state index in [-0.39, 0.29) is 11.1 Å². The topological polar surface area (TPSA) is 46.6 Å². The minimum atomic E-state index is -1.18. The van der Waals surface area contributed by atoms with Crippen molar-refractivity contribution in [1.82, 2.24) is 4.90 Å². The summed E-state index contributed by atoms with van der Waals surface area (Å²) >= 11 is 1.10. The first-order valence-corrected chi connectivity index (χ1v) is 14.3. The Bertz CT molecular complexity index is 1550. The second-order valence-electron chi connectivity index (χ2n) is 10.0. The van der Waals surface area contributed by atoms with Gasteiger partial charge in [-0.1, -0.05) is 133 Å². The number of rotatable bonds is 8. The van der Waals surface area contributed by atoms with E-state index in [4.69, 9.17) is 4.74 Å². The van der Waals surface area contributed by atoms with Crippen LogP contribution in [-0.4, -0.2) is 23.2 Å². The third kappa shape index (κ3) is 4.52. The van der Waals surface area contributed by atoms with Crippen LogP contribution in [0.2, 0.25) is 0 Å². The van der Waals surface area contributed by atoms with Crippen LogP contribution in [0.25, 0.3) is 0 Å². The van der Waals surface area contributed by atoms with E-state index in [1.54, 1.807) is 7.11 Å². The Hall–Kier alpha value is -4.61. The number of hydrogen-bond donors (Lipinski definition) is 0. The van der Waals surface area contributed by atoms with Crippen molar-refractivity contribution in [3.8, 4) is 5.75 Å². The highest BCUT2D eigenvalue weighted by atomic mass is 32.2. The quantitative estimate of drug-likeness (QED) is 0.183. The molecule has 0 aliphatic carbocycles. The molecule has 0 spiro atoms. The predicted octanol–water partition coefficient (Wildman–Crippen LogP) is 7.82. The third-order valence-electron chi connectivity index (χ3n) is 7.76. The van der Waals surface area contributed by atoms with Gasteiger partial charge in [0, 0.05) is 6.42 Å². The summed E-state index contributed by atoms with van der Waals surface area (Å²) in [7, 11) is 1.63. The van der Waals surface area contributed by atoms with E-state index >= 15 is 4.79 Å². The van der Waals surface area contributed by atoms with Gasteiger partial charge in [0.25, 0.3) is 11.1 Å². The van der Waals surface area contributed by atoms with Crippen LogP contribution in [0.5, 0.6) is 5.75 Å². The van der Waals surface area contributed by atoms with Crippen LogP contribution < -0.4 is 4.74 Å². The Kier molecular flexibility index (Phi) is 7.21. The van der Waals surface area contributed by atoms with Crippen LogP contribution in [0.3, 0.4) is 0 Å². The fourth-order valence-corrected chi connectivity index (χ4v) is 7.13. The molecule has 1 atom stereocenters. The van der Waals surface area contributed by atoms with Crippen molar-refractivity contribution < 1.29 is 14.3 Å². The zero-order chi connectivity index (χ0) is 28.3. The molecule has 5 heteroatoms. The monoisotopic (exact) mass is 555 g/mol. The van der Waals surface area contributed by atoms with Crippen molar-refractivity contribution in [2.75, 3.05) is 7.11 Å². The van der Waals surface area contributed by atoms with E-state index in [2.05, 4.69) is 0 Å². The highest BCUT2D eigenvalue weighted by Crippen LogP contribution is 2.55. The molecule has 0 radical (unpaired) electrons. The van der Waals surface area contributed by atoms with Gasteiger partial charge in [-0.15, -0.1) is 0 Å². The van der Waals surface area contributed by atoms with Crippen LogP contribution in [-0.2, 0) is 21.5 Å². The van der Waals surface area contributed by atoms with Crippen LogP contribution >= 0.6 is 11.8 Å². The summed E-state index contributed by atoms with van der Waals surface area (Å²) in [6.07, 6.45) is 0.348. The molecule has 0 bridgehead atoms. The molecule has 1 saturated heterocycles. The van der Waals surface area contributed by atoms with E-state index in [1.807, 2.05) is 146 Å². The molecule has 0 N–H and O–H groups in total. The first-order chi connectivity index (χ1) is 20.1. The highest BCUT2D eigenvalue weighted by molar-refractivity contribution is 8.15. The van der Waals surface area contributed by atoms with Gasteiger partial charge in [0.2, 0.25) is 0 Å². The summed E-state index contributed by atoms with van der Waals surface area (Å²) in [5.41, 5.74) is 3.08. The van der Waals surface area contributed by atoms with Crippen LogP contribution in [0, 0.1) is 0 Å². The summed E-state index contributed by atoms with van der Waals surface area (Å²) in [4.78, 5) is 31.2.